The second-order valence-corrected chi connectivity index (χ2v) is 17.3. The quantitative estimate of drug-likeness (QED) is 0.136. The average Bonchev–Trinajstić information content (AvgIpc) is 3.91. The van der Waals surface area contributed by atoms with Crippen LogP contribution in [-0.2, 0) is 0 Å². The third-order valence-electron chi connectivity index (χ3n) is 12.3. The van der Waals surface area contributed by atoms with Crippen LogP contribution in [0.2, 0.25) is 0 Å². The normalized spacial score (nSPS) is 11.4. The highest BCUT2D eigenvalue weighted by Gasteiger charge is 2.24. The van der Waals surface area contributed by atoms with E-state index in [4.69, 9.17) is 0 Å². The van der Waals surface area contributed by atoms with Crippen molar-refractivity contribution >= 4 is 105 Å². The van der Waals surface area contributed by atoms with Crippen molar-refractivity contribution < 1.29 is 0 Å². The summed E-state index contributed by atoms with van der Waals surface area (Å²) < 4.78 is 4.94. The predicted octanol–water partition coefficient (Wildman–Crippen LogP) is 17.6. The van der Waals surface area contributed by atoms with Crippen LogP contribution in [0, 0.1) is 0 Å². The molecule has 0 aliphatic rings. The highest BCUT2D eigenvalue weighted by molar-refractivity contribution is 7.25. The van der Waals surface area contributed by atoms with E-state index in [9.17, 15) is 0 Å². The van der Waals surface area contributed by atoms with E-state index in [2.05, 4.69) is 274 Å². The number of para-hydroxylation sites is 6. The lowest BCUT2D eigenvalue weighted by molar-refractivity contribution is 1.18. The van der Waals surface area contributed by atoms with Crippen LogP contribution in [0.1, 0.15) is 0 Å². The summed E-state index contributed by atoms with van der Waals surface area (Å²) in [6.45, 7) is 0. The maximum atomic E-state index is 2.41. The van der Waals surface area contributed by atoms with Gasteiger partial charge in [0.25, 0.3) is 0 Å². The number of nitrogens with zero attached hydrogens (tertiary/aromatic N) is 4. The summed E-state index contributed by atoms with van der Waals surface area (Å²) in [7, 11) is 0. The molecule has 0 N–H and O–H groups in total. The molecule has 0 aliphatic carbocycles. The Bertz CT molecular complexity index is 3570. The van der Waals surface area contributed by atoms with Gasteiger partial charge in [0.05, 0.1) is 28.1 Å². The van der Waals surface area contributed by atoms with Gasteiger partial charge in [-0.1, -0.05) is 140 Å². The van der Waals surface area contributed by atoms with Crippen LogP contribution in [0.5, 0.6) is 0 Å². The molecule has 2 heterocycles. The summed E-state index contributed by atoms with van der Waals surface area (Å²) in [4.78, 5) is 7.18. The van der Waals surface area contributed by atoms with Crippen LogP contribution in [-0.4, -0.2) is 4.57 Å². The van der Waals surface area contributed by atoms with E-state index in [1.54, 1.807) is 0 Å². The van der Waals surface area contributed by atoms with Crippen molar-refractivity contribution in [2.75, 3.05) is 14.7 Å². The number of benzene rings is 10. The van der Waals surface area contributed by atoms with Gasteiger partial charge >= 0.3 is 0 Å². The highest BCUT2D eigenvalue weighted by atomic mass is 32.1. The number of aromatic nitrogens is 1. The first-order valence-corrected chi connectivity index (χ1v) is 22.8. The summed E-state index contributed by atoms with van der Waals surface area (Å²) in [5.74, 6) is 0. The van der Waals surface area contributed by atoms with Crippen molar-refractivity contribution in [2.45, 2.75) is 0 Å². The molecule has 0 saturated carbocycles. The Morgan fingerprint density at radius 1 is 0.246 bits per heavy atom. The van der Waals surface area contributed by atoms with Crippen molar-refractivity contribution in [1.29, 1.82) is 0 Å². The molecule has 12 rings (SSSR count). The predicted molar refractivity (Wildman–Crippen MR) is 278 cm³/mol. The Balaban J connectivity index is 1.14. The molecule has 0 spiro atoms. The van der Waals surface area contributed by atoms with Crippen LogP contribution in [0.15, 0.2) is 255 Å². The molecule has 0 aliphatic heterocycles. The van der Waals surface area contributed by atoms with Gasteiger partial charge in [-0.25, -0.2) is 0 Å². The molecule has 0 unspecified atom stereocenters. The molecule has 5 heteroatoms. The molecular weight excluding hydrogens is 809 g/mol. The molecule has 0 amide bonds. The average molecular weight is 851 g/mol. The molecule has 10 aromatic carbocycles. The lowest BCUT2D eigenvalue weighted by atomic mass is 10.1. The molecule has 4 nitrogen and oxygen atoms in total. The monoisotopic (exact) mass is 850 g/mol. The summed E-state index contributed by atoms with van der Waals surface area (Å²) in [5.41, 5.74) is 12.9. The van der Waals surface area contributed by atoms with Crippen molar-refractivity contribution in [3.63, 3.8) is 0 Å². The van der Waals surface area contributed by atoms with Crippen LogP contribution in [0.25, 0.3) is 47.7 Å². The molecular formula is C60H42N4S. The summed E-state index contributed by atoms with van der Waals surface area (Å²) in [6, 6.07) is 91.9. The third kappa shape index (κ3) is 6.96. The number of fused-ring (bicyclic) bond motifs is 6. The van der Waals surface area contributed by atoms with Gasteiger partial charge in [0.1, 0.15) is 0 Å². The maximum Gasteiger partial charge on any atom is 0.0561 e. The zero-order valence-corrected chi connectivity index (χ0v) is 36.3. The first-order chi connectivity index (χ1) is 32.2. The molecule has 2 aromatic heterocycles. The van der Waals surface area contributed by atoms with Gasteiger partial charge in [0, 0.05) is 70.8 Å². The van der Waals surface area contributed by atoms with Crippen molar-refractivity contribution in [2.24, 2.45) is 0 Å². The van der Waals surface area contributed by atoms with E-state index in [1.165, 1.54) is 36.5 Å². The molecule has 308 valence electrons. The van der Waals surface area contributed by atoms with E-state index < -0.39 is 0 Å². The van der Waals surface area contributed by atoms with Gasteiger partial charge in [-0.15, -0.1) is 11.3 Å². The molecule has 65 heavy (non-hydrogen) atoms. The second kappa shape index (κ2) is 16.4. The zero-order chi connectivity index (χ0) is 43.1. The topological polar surface area (TPSA) is 14.7 Å². The largest absolute Gasteiger partial charge is 0.310 e. The lowest BCUT2D eigenvalue weighted by Gasteiger charge is -2.33. The fraction of sp³-hybridized carbons (Fsp3) is 0. The lowest BCUT2D eigenvalue weighted by Crippen LogP contribution is -2.16. The Kier molecular flexibility index (Phi) is 9.66. The third-order valence-corrected chi connectivity index (χ3v) is 13.4. The number of hydrogen-bond acceptors (Lipinski definition) is 4. The minimum atomic E-state index is 1.02. The Hall–Kier alpha value is -8.38. The zero-order valence-electron chi connectivity index (χ0n) is 35.4. The van der Waals surface area contributed by atoms with Gasteiger partial charge in [-0.05, 0) is 115 Å². The van der Waals surface area contributed by atoms with E-state index in [1.807, 2.05) is 11.3 Å². The minimum absolute atomic E-state index is 1.02. The van der Waals surface area contributed by atoms with Crippen LogP contribution < -0.4 is 14.7 Å². The first-order valence-electron chi connectivity index (χ1n) is 22.0. The summed E-state index contributed by atoms with van der Waals surface area (Å²) >= 11 is 1.85. The number of hydrogen-bond donors (Lipinski definition) is 0. The highest BCUT2D eigenvalue weighted by Crippen LogP contribution is 2.48. The van der Waals surface area contributed by atoms with Gasteiger partial charge in [0.2, 0.25) is 0 Å². The van der Waals surface area contributed by atoms with E-state index >= 15 is 0 Å². The van der Waals surface area contributed by atoms with Crippen molar-refractivity contribution in [3.05, 3.63) is 255 Å². The smallest absolute Gasteiger partial charge is 0.0561 e. The fourth-order valence-corrected chi connectivity index (χ4v) is 10.6. The fourth-order valence-electron chi connectivity index (χ4n) is 9.42. The Labute approximate surface area is 382 Å². The maximum absolute atomic E-state index is 2.41. The van der Waals surface area contributed by atoms with Crippen molar-refractivity contribution in [1.82, 2.24) is 4.57 Å². The molecule has 0 radical (unpaired) electrons. The van der Waals surface area contributed by atoms with Gasteiger partial charge in [-0.3, -0.25) is 0 Å². The Morgan fingerprint density at radius 3 is 1.17 bits per heavy atom. The molecule has 0 fully saturated rings. The van der Waals surface area contributed by atoms with Crippen LogP contribution >= 0.6 is 11.3 Å². The van der Waals surface area contributed by atoms with Crippen molar-refractivity contribution in [3.8, 4) is 5.69 Å². The number of rotatable bonds is 10. The standard InChI is InChI=1S/C60H42N4S/c1-6-20-43(21-7-1)61(44-22-8-2-9-23-44)50-38-51(40-52(39-50)63(46-26-12-4-13-27-46)49-35-37-56-55-31-17-19-33-59(55)65-60(56)42-49)62(45-24-10-3-11-25-45)48-34-36-54-53-30-16-18-32-57(53)64(58(54)41-48)47-28-14-5-15-29-47/h1-42H. The summed E-state index contributed by atoms with van der Waals surface area (Å²) in [6.07, 6.45) is 0. The molecule has 0 atom stereocenters. The van der Waals surface area contributed by atoms with Gasteiger partial charge in [0.15, 0.2) is 0 Å². The van der Waals surface area contributed by atoms with E-state index in [0.717, 1.165) is 62.4 Å². The SMILES string of the molecule is c1ccc(N(c2ccccc2)c2cc(N(c3ccccc3)c3ccc4c(c3)sc3ccccc34)cc(N(c3ccccc3)c3ccc4c5ccccc5n(-c5ccccc5)c4c3)c2)cc1. The molecule has 0 bridgehead atoms. The minimum Gasteiger partial charge on any atom is -0.310 e. The first kappa shape index (κ1) is 38.3. The molecule has 12 aromatic rings. The second-order valence-electron chi connectivity index (χ2n) is 16.2. The number of anilines is 9. The van der Waals surface area contributed by atoms with E-state index in [-0.39, 0.29) is 0 Å². The van der Waals surface area contributed by atoms with Gasteiger partial charge < -0.3 is 19.3 Å². The van der Waals surface area contributed by atoms with Crippen LogP contribution in [0.4, 0.5) is 51.2 Å². The molecule has 0 saturated heterocycles. The van der Waals surface area contributed by atoms with Crippen LogP contribution in [0.3, 0.4) is 0 Å². The van der Waals surface area contributed by atoms with Gasteiger partial charge in [-0.2, -0.15) is 0 Å². The Morgan fingerprint density at radius 2 is 0.631 bits per heavy atom. The number of thiophene rings is 1. The summed E-state index contributed by atoms with van der Waals surface area (Å²) in [5, 5.41) is 5.00. The van der Waals surface area contributed by atoms with E-state index in [0.29, 0.717) is 0 Å².